The molecule has 0 spiro atoms. The van der Waals surface area contributed by atoms with Gasteiger partial charge in [-0.2, -0.15) is 5.10 Å². The smallest absolute Gasteiger partial charge is 0.136 e. The van der Waals surface area contributed by atoms with Crippen LogP contribution < -0.4 is 0 Å². The highest BCUT2D eigenvalue weighted by atomic mass is 35.5. The van der Waals surface area contributed by atoms with Crippen LogP contribution in [0.25, 0.3) is 0 Å². The molecule has 0 atom stereocenters. The number of carbonyl (C=O) groups is 1. The van der Waals surface area contributed by atoms with E-state index in [2.05, 4.69) is 5.10 Å². The first-order valence-corrected chi connectivity index (χ1v) is 5.83. The van der Waals surface area contributed by atoms with Crippen LogP contribution in [0.5, 0.6) is 0 Å². The van der Waals surface area contributed by atoms with Gasteiger partial charge in [0.05, 0.1) is 16.9 Å². The quantitative estimate of drug-likeness (QED) is 0.773. The zero-order valence-electron chi connectivity index (χ0n) is 8.87. The molecule has 0 aliphatic heterocycles. The third-order valence-electron chi connectivity index (χ3n) is 2.84. The van der Waals surface area contributed by atoms with Gasteiger partial charge in [0, 0.05) is 18.9 Å². The van der Waals surface area contributed by atoms with Gasteiger partial charge in [0.1, 0.15) is 5.78 Å². The second-order valence-corrected chi connectivity index (χ2v) is 4.40. The summed E-state index contributed by atoms with van der Waals surface area (Å²) in [6.45, 7) is 2.83. The molecule has 82 valence electrons. The molecule has 0 N–H and O–H groups in total. The predicted molar refractivity (Wildman–Crippen MR) is 59.0 cm³/mol. The molecule has 0 aromatic carbocycles. The van der Waals surface area contributed by atoms with Crippen LogP contribution in [0.4, 0.5) is 0 Å². The molecular formula is C11H15ClN2O. The van der Waals surface area contributed by atoms with E-state index in [0.29, 0.717) is 23.1 Å². The van der Waals surface area contributed by atoms with Gasteiger partial charge in [-0.15, -0.1) is 0 Å². The van der Waals surface area contributed by atoms with Crippen LogP contribution in [0.1, 0.15) is 31.9 Å². The molecule has 0 saturated heterocycles. The highest BCUT2D eigenvalue weighted by Crippen LogP contribution is 2.31. The van der Waals surface area contributed by atoms with Gasteiger partial charge in [-0.3, -0.25) is 9.48 Å². The number of Topliss-reactive ketones (excluding diaryl/α,β-unsaturated/α-hetero) is 1. The molecule has 1 aromatic rings. The third-order valence-corrected chi connectivity index (χ3v) is 3.15. The van der Waals surface area contributed by atoms with Crippen LogP contribution in [0, 0.1) is 5.92 Å². The summed E-state index contributed by atoms with van der Waals surface area (Å²) in [5.74, 6) is 0.733. The third kappa shape index (κ3) is 2.40. The van der Waals surface area contributed by atoms with Gasteiger partial charge in [-0.1, -0.05) is 11.6 Å². The number of aromatic nitrogens is 2. The van der Waals surface area contributed by atoms with Crippen LogP contribution in [0.3, 0.4) is 0 Å². The molecule has 1 aliphatic carbocycles. The summed E-state index contributed by atoms with van der Waals surface area (Å²) in [7, 11) is 0. The average molecular weight is 227 g/mol. The van der Waals surface area contributed by atoms with E-state index in [1.807, 2.05) is 11.6 Å². The first kappa shape index (κ1) is 10.7. The lowest BCUT2D eigenvalue weighted by atomic mass is 10.1. The van der Waals surface area contributed by atoms with E-state index in [-0.39, 0.29) is 0 Å². The number of halogens is 1. The summed E-state index contributed by atoms with van der Waals surface area (Å²) in [6, 6.07) is 0. The van der Waals surface area contributed by atoms with E-state index < -0.39 is 0 Å². The summed E-state index contributed by atoms with van der Waals surface area (Å²) in [5, 5.41) is 4.83. The maximum atomic E-state index is 11.5. The number of carbonyl (C=O) groups excluding carboxylic acids is 1. The first-order chi connectivity index (χ1) is 7.22. The van der Waals surface area contributed by atoms with Crippen molar-refractivity contribution in [3.8, 4) is 0 Å². The van der Waals surface area contributed by atoms with E-state index in [9.17, 15) is 4.79 Å². The topological polar surface area (TPSA) is 34.9 Å². The lowest BCUT2D eigenvalue weighted by Crippen LogP contribution is -2.07. The highest BCUT2D eigenvalue weighted by Gasteiger charge is 2.29. The minimum absolute atomic E-state index is 0.349. The summed E-state index contributed by atoms with van der Waals surface area (Å²) in [4.78, 5) is 11.5. The Kier molecular flexibility index (Phi) is 3.10. The summed E-state index contributed by atoms with van der Waals surface area (Å²) in [5.41, 5.74) is 0.994. The van der Waals surface area contributed by atoms with Gasteiger partial charge in [-0.05, 0) is 26.2 Å². The first-order valence-electron chi connectivity index (χ1n) is 5.45. The van der Waals surface area contributed by atoms with Crippen molar-refractivity contribution in [2.24, 2.45) is 5.92 Å². The highest BCUT2D eigenvalue weighted by molar-refractivity contribution is 6.31. The second-order valence-electron chi connectivity index (χ2n) is 4.00. The zero-order valence-corrected chi connectivity index (χ0v) is 9.63. The average Bonchev–Trinajstić information content (AvgIpc) is 3.01. The predicted octanol–water partition coefficient (Wildman–Crippen LogP) is 2.47. The lowest BCUT2D eigenvalue weighted by Gasteiger charge is -2.04. The molecule has 1 heterocycles. The number of hydrogen-bond donors (Lipinski definition) is 0. The number of hydrogen-bond acceptors (Lipinski definition) is 2. The van der Waals surface area contributed by atoms with E-state index in [1.165, 1.54) is 0 Å². The Morgan fingerprint density at radius 3 is 3.00 bits per heavy atom. The van der Waals surface area contributed by atoms with E-state index in [4.69, 9.17) is 11.6 Å². The standard InChI is InChI=1S/C11H15ClN2O/c1-2-14-10(9(12)7-13-14)5-6-11(15)8-3-4-8/h7-8H,2-6H2,1H3. The van der Waals surface area contributed by atoms with Crippen molar-refractivity contribution < 1.29 is 4.79 Å². The maximum absolute atomic E-state index is 11.5. The van der Waals surface area contributed by atoms with Crippen LogP contribution in [-0.4, -0.2) is 15.6 Å². The molecule has 0 bridgehead atoms. The Hall–Kier alpha value is -0.830. The van der Waals surface area contributed by atoms with E-state index in [1.54, 1.807) is 6.20 Å². The van der Waals surface area contributed by atoms with Crippen molar-refractivity contribution >= 4 is 17.4 Å². The summed E-state index contributed by atoms with van der Waals surface area (Å²) < 4.78 is 1.86. The minimum Gasteiger partial charge on any atom is -0.299 e. The Morgan fingerprint density at radius 2 is 2.40 bits per heavy atom. The fraction of sp³-hybridized carbons (Fsp3) is 0.636. The number of aryl methyl sites for hydroxylation is 1. The summed E-state index contributed by atoms with van der Waals surface area (Å²) in [6.07, 6.45) is 5.15. The molecule has 1 saturated carbocycles. The van der Waals surface area contributed by atoms with Crippen molar-refractivity contribution in [2.75, 3.05) is 0 Å². The Bertz CT molecular complexity index is 369. The maximum Gasteiger partial charge on any atom is 0.136 e. The molecule has 3 nitrogen and oxygen atoms in total. The molecule has 0 amide bonds. The van der Waals surface area contributed by atoms with E-state index >= 15 is 0 Å². The van der Waals surface area contributed by atoms with Crippen molar-refractivity contribution in [3.05, 3.63) is 16.9 Å². The van der Waals surface area contributed by atoms with Crippen molar-refractivity contribution in [3.63, 3.8) is 0 Å². The molecule has 15 heavy (non-hydrogen) atoms. The number of rotatable bonds is 5. The zero-order chi connectivity index (χ0) is 10.8. The van der Waals surface area contributed by atoms with Gasteiger partial charge in [-0.25, -0.2) is 0 Å². The monoisotopic (exact) mass is 226 g/mol. The molecule has 2 rings (SSSR count). The number of ketones is 1. The molecule has 1 fully saturated rings. The van der Waals surface area contributed by atoms with Crippen LogP contribution in [0.2, 0.25) is 5.02 Å². The van der Waals surface area contributed by atoms with Crippen molar-refractivity contribution in [2.45, 2.75) is 39.2 Å². The van der Waals surface area contributed by atoms with Gasteiger partial charge >= 0.3 is 0 Å². The van der Waals surface area contributed by atoms with Crippen LogP contribution in [0.15, 0.2) is 6.20 Å². The molecule has 0 unspecified atom stereocenters. The Morgan fingerprint density at radius 1 is 1.67 bits per heavy atom. The molecular weight excluding hydrogens is 212 g/mol. The molecule has 1 aliphatic rings. The molecule has 0 radical (unpaired) electrons. The minimum atomic E-state index is 0.349. The lowest BCUT2D eigenvalue weighted by molar-refractivity contribution is -0.120. The van der Waals surface area contributed by atoms with Gasteiger partial charge in [0.15, 0.2) is 0 Å². The largest absolute Gasteiger partial charge is 0.299 e. The Balaban J connectivity index is 1.96. The van der Waals surface area contributed by atoms with Gasteiger partial charge in [0.2, 0.25) is 0 Å². The Labute approximate surface area is 94.4 Å². The normalized spacial score (nSPS) is 15.6. The summed E-state index contributed by atoms with van der Waals surface area (Å²) >= 11 is 6.01. The molecule has 4 heteroatoms. The van der Waals surface area contributed by atoms with Gasteiger partial charge in [0.25, 0.3) is 0 Å². The number of nitrogens with zero attached hydrogens (tertiary/aromatic N) is 2. The molecule has 1 aromatic heterocycles. The van der Waals surface area contributed by atoms with Gasteiger partial charge < -0.3 is 0 Å². The van der Waals surface area contributed by atoms with Crippen molar-refractivity contribution in [1.82, 2.24) is 9.78 Å². The fourth-order valence-corrected chi connectivity index (χ4v) is 2.00. The second kappa shape index (κ2) is 4.35. The van der Waals surface area contributed by atoms with Crippen LogP contribution >= 0.6 is 11.6 Å². The van der Waals surface area contributed by atoms with E-state index in [0.717, 1.165) is 31.5 Å². The van der Waals surface area contributed by atoms with Crippen molar-refractivity contribution in [1.29, 1.82) is 0 Å². The fourth-order valence-electron chi connectivity index (χ4n) is 1.76. The van der Waals surface area contributed by atoms with Crippen LogP contribution in [-0.2, 0) is 17.8 Å². The SMILES string of the molecule is CCn1ncc(Cl)c1CCC(=O)C1CC1.